The summed E-state index contributed by atoms with van der Waals surface area (Å²) < 4.78 is 0. The number of phenols is 1. The number of amides is 1. The predicted octanol–water partition coefficient (Wildman–Crippen LogP) is 4.63. The van der Waals surface area contributed by atoms with E-state index >= 15 is 0 Å². The van der Waals surface area contributed by atoms with Crippen LogP contribution in [0.1, 0.15) is 34.3 Å². The number of benzene rings is 3. The third-order valence-electron chi connectivity index (χ3n) is 5.72. The van der Waals surface area contributed by atoms with Crippen molar-refractivity contribution in [2.45, 2.75) is 25.8 Å². The summed E-state index contributed by atoms with van der Waals surface area (Å²) in [5.74, 6) is 0.342. The molecule has 0 fully saturated rings. The number of nitrogens with zero attached hydrogens (tertiary/aromatic N) is 1. The van der Waals surface area contributed by atoms with Crippen molar-refractivity contribution in [3.05, 3.63) is 89.5 Å². The lowest BCUT2D eigenvalue weighted by molar-refractivity contribution is 0.0952. The van der Waals surface area contributed by atoms with Crippen molar-refractivity contribution in [1.29, 1.82) is 0 Å². The van der Waals surface area contributed by atoms with Crippen LogP contribution >= 0.6 is 0 Å². The Morgan fingerprint density at radius 2 is 1.67 bits per heavy atom. The van der Waals surface area contributed by atoms with Gasteiger partial charge in [-0.05, 0) is 72.3 Å². The minimum absolute atomic E-state index is 0.0127. The molecule has 0 spiro atoms. The number of rotatable bonds is 7. The van der Waals surface area contributed by atoms with E-state index in [2.05, 4.69) is 22.3 Å². The number of fused-ring (bicyclic) bond motifs is 1. The Morgan fingerprint density at radius 3 is 2.47 bits per heavy atom. The van der Waals surface area contributed by atoms with Crippen LogP contribution in [-0.2, 0) is 13.0 Å². The Bertz CT molecular complexity index is 984. The molecular weight excluding hydrogens is 372 g/mol. The molecule has 3 aromatic carbocycles. The monoisotopic (exact) mass is 400 g/mol. The smallest absolute Gasteiger partial charge is 0.251 e. The second kappa shape index (κ2) is 9.59. The Kier molecular flexibility index (Phi) is 6.45. The molecule has 0 saturated heterocycles. The zero-order chi connectivity index (χ0) is 20.8. The van der Waals surface area contributed by atoms with Crippen LogP contribution in [0.15, 0.2) is 72.8 Å². The summed E-state index contributed by atoms with van der Waals surface area (Å²) in [6.07, 6.45) is 3.01. The first-order valence-corrected chi connectivity index (χ1v) is 10.7. The van der Waals surface area contributed by atoms with E-state index in [4.69, 9.17) is 0 Å². The summed E-state index contributed by atoms with van der Waals surface area (Å²) in [6.45, 7) is 3.69. The zero-order valence-corrected chi connectivity index (χ0v) is 17.2. The molecule has 0 unspecified atom stereocenters. The molecule has 30 heavy (non-hydrogen) atoms. The van der Waals surface area contributed by atoms with Gasteiger partial charge >= 0.3 is 0 Å². The molecule has 1 aliphatic heterocycles. The molecule has 4 heteroatoms. The highest BCUT2D eigenvalue weighted by atomic mass is 16.3. The minimum atomic E-state index is -0.0127. The molecule has 1 aliphatic rings. The first-order chi connectivity index (χ1) is 14.7. The molecule has 0 atom stereocenters. The maximum Gasteiger partial charge on any atom is 0.251 e. The molecule has 1 heterocycles. The molecule has 0 bridgehead atoms. The third kappa shape index (κ3) is 5.08. The van der Waals surface area contributed by atoms with E-state index in [1.54, 1.807) is 6.07 Å². The summed E-state index contributed by atoms with van der Waals surface area (Å²) in [7, 11) is 0. The van der Waals surface area contributed by atoms with Gasteiger partial charge in [-0.25, -0.2) is 0 Å². The highest BCUT2D eigenvalue weighted by molar-refractivity contribution is 5.94. The van der Waals surface area contributed by atoms with Crippen molar-refractivity contribution in [3.63, 3.8) is 0 Å². The van der Waals surface area contributed by atoms with Crippen LogP contribution < -0.4 is 5.32 Å². The highest BCUT2D eigenvalue weighted by Gasteiger charge is 2.16. The van der Waals surface area contributed by atoms with E-state index in [-0.39, 0.29) is 5.91 Å². The van der Waals surface area contributed by atoms with Gasteiger partial charge in [-0.2, -0.15) is 0 Å². The number of hydrogen-bond acceptors (Lipinski definition) is 3. The fourth-order valence-corrected chi connectivity index (χ4v) is 4.00. The number of phenolic OH excluding ortho intramolecular Hbond substituents is 1. The summed E-state index contributed by atoms with van der Waals surface area (Å²) in [5, 5.41) is 12.6. The molecule has 0 aliphatic carbocycles. The van der Waals surface area contributed by atoms with Crippen LogP contribution in [0, 0.1) is 0 Å². The van der Waals surface area contributed by atoms with Crippen molar-refractivity contribution in [2.75, 3.05) is 19.6 Å². The average Bonchev–Trinajstić information content (AvgIpc) is 2.79. The number of aromatic hydroxyl groups is 1. The molecule has 0 aromatic heterocycles. The highest BCUT2D eigenvalue weighted by Crippen LogP contribution is 2.23. The van der Waals surface area contributed by atoms with E-state index < -0.39 is 0 Å². The zero-order valence-electron chi connectivity index (χ0n) is 17.2. The standard InChI is InChI=1S/C26H28N2O2/c29-25-13-12-24-19-28(17-14-23(24)18-25)16-5-4-15-27-26(30)22-10-8-21(9-11-22)20-6-2-1-3-7-20/h1-3,6-13,18,29H,4-5,14-17,19H2,(H,27,30). The van der Waals surface area contributed by atoms with Gasteiger partial charge in [-0.3, -0.25) is 9.69 Å². The Hall–Kier alpha value is -3.11. The van der Waals surface area contributed by atoms with Crippen molar-refractivity contribution >= 4 is 5.91 Å². The van der Waals surface area contributed by atoms with Gasteiger partial charge in [0.2, 0.25) is 0 Å². The van der Waals surface area contributed by atoms with Crippen LogP contribution in [0.2, 0.25) is 0 Å². The normalized spacial score (nSPS) is 13.6. The molecule has 154 valence electrons. The van der Waals surface area contributed by atoms with Gasteiger partial charge in [-0.15, -0.1) is 0 Å². The lowest BCUT2D eigenvalue weighted by Crippen LogP contribution is -2.32. The quantitative estimate of drug-likeness (QED) is 0.569. The lowest BCUT2D eigenvalue weighted by atomic mass is 9.99. The first-order valence-electron chi connectivity index (χ1n) is 10.7. The lowest BCUT2D eigenvalue weighted by Gasteiger charge is -2.28. The predicted molar refractivity (Wildman–Crippen MR) is 121 cm³/mol. The fraction of sp³-hybridized carbons (Fsp3) is 0.269. The minimum Gasteiger partial charge on any atom is -0.508 e. The van der Waals surface area contributed by atoms with Gasteiger partial charge in [0.05, 0.1) is 0 Å². The molecule has 3 aromatic rings. The van der Waals surface area contributed by atoms with Crippen LogP contribution in [0.4, 0.5) is 0 Å². The van der Waals surface area contributed by atoms with E-state index in [9.17, 15) is 9.90 Å². The van der Waals surface area contributed by atoms with Gasteiger partial charge in [0.1, 0.15) is 5.75 Å². The fourth-order valence-electron chi connectivity index (χ4n) is 4.00. The molecule has 2 N–H and O–H groups in total. The van der Waals surface area contributed by atoms with E-state index in [0.29, 0.717) is 17.9 Å². The second-order valence-corrected chi connectivity index (χ2v) is 7.89. The van der Waals surface area contributed by atoms with Crippen molar-refractivity contribution in [2.24, 2.45) is 0 Å². The number of hydrogen-bond donors (Lipinski definition) is 2. The average molecular weight is 401 g/mol. The van der Waals surface area contributed by atoms with Crippen molar-refractivity contribution in [3.8, 4) is 16.9 Å². The van der Waals surface area contributed by atoms with Gasteiger partial charge in [0.25, 0.3) is 5.91 Å². The molecule has 0 radical (unpaired) electrons. The Labute approximate surface area is 178 Å². The maximum atomic E-state index is 12.4. The van der Waals surface area contributed by atoms with Gasteiger partial charge in [0.15, 0.2) is 0 Å². The van der Waals surface area contributed by atoms with E-state index in [0.717, 1.165) is 50.0 Å². The topological polar surface area (TPSA) is 52.6 Å². The van der Waals surface area contributed by atoms with Gasteiger partial charge in [0, 0.05) is 25.2 Å². The summed E-state index contributed by atoms with van der Waals surface area (Å²) in [5.41, 5.74) is 5.54. The molecule has 1 amide bonds. The largest absolute Gasteiger partial charge is 0.508 e. The SMILES string of the molecule is O=C(NCCCCN1CCc2cc(O)ccc2C1)c1ccc(-c2ccccc2)cc1. The summed E-state index contributed by atoms with van der Waals surface area (Å²) in [6, 6.07) is 23.6. The maximum absolute atomic E-state index is 12.4. The van der Waals surface area contributed by atoms with Crippen LogP contribution in [0.3, 0.4) is 0 Å². The Morgan fingerprint density at radius 1 is 0.900 bits per heavy atom. The van der Waals surface area contributed by atoms with Gasteiger partial charge < -0.3 is 10.4 Å². The Balaban J connectivity index is 1.18. The number of nitrogens with one attached hydrogen (secondary N) is 1. The summed E-state index contributed by atoms with van der Waals surface area (Å²) >= 11 is 0. The number of unbranched alkanes of at least 4 members (excludes halogenated alkanes) is 1. The van der Waals surface area contributed by atoms with Crippen LogP contribution in [0.5, 0.6) is 5.75 Å². The van der Waals surface area contributed by atoms with Crippen molar-refractivity contribution in [1.82, 2.24) is 10.2 Å². The third-order valence-corrected chi connectivity index (χ3v) is 5.72. The second-order valence-electron chi connectivity index (χ2n) is 7.89. The molecule has 4 rings (SSSR count). The summed E-state index contributed by atoms with van der Waals surface area (Å²) in [4.78, 5) is 14.8. The van der Waals surface area contributed by atoms with Crippen LogP contribution in [0.25, 0.3) is 11.1 Å². The number of carbonyl (C=O) groups excluding carboxylic acids is 1. The van der Waals surface area contributed by atoms with Gasteiger partial charge in [-0.1, -0.05) is 48.5 Å². The number of carbonyl (C=O) groups is 1. The first kappa shape index (κ1) is 20.2. The molecular formula is C26H28N2O2. The van der Waals surface area contributed by atoms with Crippen LogP contribution in [-0.4, -0.2) is 35.5 Å². The van der Waals surface area contributed by atoms with E-state index in [1.165, 1.54) is 11.1 Å². The van der Waals surface area contributed by atoms with E-state index in [1.807, 2.05) is 54.6 Å². The van der Waals surface area contributed by atoms with Crippen molar-refractivity contribution < 1.29 is 9.90 Å². The molecule has 0 saturated carbocycles. The molecule has 4 nitrogen and oxygen atoms in total.